The molecule has 24 heavy (non-hydrogen) atoms. The minimum absolute atomic E-state index is 0.254. The van der Waals surface area contributed by atoms with Gasteiger partial charge in [-0.1, -0.05) is 36.4 Å². The third-order valence-corrected chi connectivity index (χ3v) is 4.07. The van der Waals surface area contributed by atoms with Crippen LogP contribution in [0.15, 0.2) is 77.9 Å². The van der Waals surface area contributed by atoms with Crippen molar-refractivity contribution >= 4 is 0 Å². The summed E-state index contributed by atoms with van der Waals surface area (Å²) in [6.07, 6.45) is 7.33. The van der Waals surface area contributed by atoms with Gasteiger partial charge in [-0.05, 0) is 28.8 Å². The molecule has 0 aliphatic carbocycles. The van der Waals surface area contributed by atoms with Gasteiger partial charge in [-0.25, -0.2) is 0 Å². The Kier molecular flexibility index (Phi) is 3.43. The highest BCUT2D eigenvalue weighted by atomic mass is 16.3. The molecular formula is C20H16N2O2. The van der Waals surface area contributed by atoms with Gasteiger partial charge in [0.05, 0.1) is 18.7 Å². The van der Waals surface area contributed by atoms with E-state index in [9.17, 15) is 5.11 Å². The van der Waals surface area contributed by atoms with E-state index >= 15 is 0 Å². The predicted octanol–water partition coefficient (Wildman–Crippen LogP) is 4.72. The fourth-order valence-electron chi connectivity index (χ4n) is 2.80. The molecule has 118 valence electrons. The monoisotopic (exact) mass is 316 g/mol. The minimum atomic E-state index is 0.254. The van der Waals surface area contributed by atoms with Crippen LogP contribution in [-0.4, -0.2) is 14.9 Å². The van der Waals surface area contributed by atoms with Crippen molar-refractivity contribution in [3.63, 3.8) is 0 Å². The quantitative estimate of drug-likeness (QED) is 0.595. The molecule has 0 bridgehead atoms. The first kappa shape index (κ1) is 14.3. The standard InChI is InChI=1S/C20H16N2O2/c1-22-11-17(10-21-22)14-2-4-15(5-3-14)19-12-24-13-20(19)16-6-8-18(23)9-7-16/h2-13,23H,1H3. The van der Waals surface area contributed by atoms with Crippen LogP contribution < -0.4 is 0 Å². The summed E-state index contributed by atoms with van der Waals surface area (Å²) in [6, 6.07) is 15.4. The second-order valence-electron chi connectivity index (χ2n) is 5.73. The number of furan rings is 1. The highest BCUT2D eigenvalue weighted by Gasteiger charge is 2.11. The highest BCUT2D eigenvalue weighted by Crippen LogP contribution is 2.34. The van der Waals surface area contributed by atoms with Gasteiger partial charge in [-0.15, -0.1) is 0 Å². The zero-order valence-electron chi connectivity index (χ0n) is 13.2. The number of aromatic hydroxyl groups is 1. The number of benzene rings is 2. The van der Waals surface area contributed by atoms with Crippen LogP contribution in [-0.2, 0) is 7.05 Å². The molecule has 2 aromatic heterocycles. The Balaban J connectivity index is 1.70. The fourth-order valence-corrected chi connectivity index (χ4v) is 2.80. The lowest BCUT2D eigenvalue weighted by molar-refractivity contribution is 0.475. The molecule has 0 amide bonds. The van der Waals surface area contributed by atoms with E-state index in [0.29, 0.717) is 0 Å². The largest absolute Gasteiger partial charge is 0.508 e. The molecule has 4 nitrogen and oxygen atoms in total. The van der Waals surface area contributed by atoms with Gasteiger partial charge in [-0.2, -0.15) is 5.10 Å². The van der Waals surface area contributed by atoms with Crippen LogP contribution >= 0.6 is 0 Å². The number of aryl methyl sites for hydroxylation is 1. The van der Waals surface area contributed by atoms with Crippen LogP contribution in [0, 0.1) is 0 Å². The van der Waals surface area contributed by atoms with E-state index in [1.54, 1.807) is 29.3 Å². The maximum absolute atomic E-state index is 9.45. The van der Waals surface area contributed by atoms with E-state index in [1.165, 1.54) is 0 Å². The van der Waals surface area contributed by atoms with Crippen LogP contribution in [0.4, 0.5) is 0 Å². The van der Waals surface area contributed by atoms with Crippen molar-refractivity contribution in [2.75, 3.05) is 0 Å². The van der Waals surface area contributed by atoms with Gasteiger partial charge in [0.1, 0.15) is 5.75 Å². The Bertz CT molecular complexity index is 964. The molecule has 4 heteroatoms. The predicted molar refractivity (Wildman–Crippen MR) is 93.4 cm³/mol. The van der Waals surface area contributed by atoms with Gasteiger partial charge >= 0.3 is 0 Å². The first-order chi connectivity index (χ1) is 11.7. The summed E-state index contributed by atoms with van der Waals surface area (Å²) in [4.78, 5) is 0. The number of aromatic nitrogens is 2. The van der Waals surface area contributed by atoms with Crippen LogP contribution in [0.5, 0.6) is 5.75 Å². The maximum Gasteiger partial charge on any atom is 0.115 e. The van der Waals surface area contributed by atoms with E-state index in [4.69, 9.17) is 4.42 Å². The first-order valence-corrected chi connectivity index (χ1v) is 7.66. The molecule has 2 heterocycles. The molecule has 4 aromatic rings. The summed E-state index contributed by atoms with van der Waals surface area (Å²) in [7, 11) is 1.91. The molecule has 0 radical (unpaired) electrons. The van der Waals surface area contributed by atoms with Gasteiger partial charge in [-0.3, -0.25) is 4.68 Å². The fraction of sp³-hybridized carbons (Fsp3) is 0.0500. The molecule has 0 aliphatic rings. The molecule has 2 aromatic carbocycles. The molecular weight excluding hydrogens is 300 g/mol. The van der Waals surface area contributed by atoms with Crippen LogP contribution in [0.25, 0.3) is 33.4 Å². The van der Waals surface area contributed by atoms with Gasteiger partial charge < -0.3 is 9.52 Å². The van der Waals surface area contributed by atoms with Crippen molar-refractivity contribution in [1.82, 2.24) is 9.78 Å². The van der Waals surface area contributed by atoms with Crippen molar-refractivity contribution in [3.8, 4) is 39.1 Å². The van der Waals surface area contributed by atoms with Gasteiger partial charge in [0.2, 0.25) is 0 Å². The summed E-state index contributed by atoms with van der Waals surface area (Å²) in [6.45, 7) is 0. The molecule has 0 fully saturated rings. The zero-order chi connectivity index (χ0) is 16.5. The zero-order valence-corrected chi connectivity index (χ0v) is 13.2. The Morgan fingerprint density at radius 3 is 1.88 bits per heavy atom. The second-order valence-corrected chi connectivity index (χ2v) is 5.73. The average Bonchev–Trinajstić information content (AvgIpc) is 3.25. The van der Waals surface area contributed by atoms with Crippen LogP contribution in [0.1, 0.15) is 0 Å². The highest BCUT2D eigenvalue weighted by molar-refractivity contribution is 5.83. The Labute approximate surface area is 139 Å². The van der Waals surface area contributed by atoms with Gasteiger partial charge in [0.15, 0.2) is 0 Å². The molecule has 0 aliphatic heterocycles. The summed E-state index contributed by atoms with van der Waals surface area (Å²) in [5.74, 6) is 0.254. The van der Waals surface area contributed by atoms with Crippen molar-refractivity contribution in [2.24, 2.45) is 7.05 Å². The number of hydrogen-bond donors (Lipinski definition) is 1. The normalized spacial score (nSPS) is 10.9. The number of hydrogen-bond acceptors (Lipinski definition) is 3. The maximum atomic E-state index is 9.45. The molecule has 0 spiro atoms. The lowest BCUT2D eigenvalue weighted by atomic mass is 9.97. The van der Waals surface area contributed by atoms with Crippen LogP contribution in [0.3, 0.4) is 0 Å². The lowest BCUT2D eigenvalue weighted by Crippen LogP contribution is -1.84. The van der Waals surface area contributed by atoms with Crippen LogP contribution in [0.2, 0.25) is 0 Å². The van der Waals surface area contributed by atoms with E-state index < -0.39 is 0 Å². The Morgan fingerprint density at radius 2 is 1.33 bits per heavy atom. The molecule has 0 unspecified atom stereocenters. The molecule has 1 N–H and O–H groups in total. The van der Waals surface area contributed by atoms with Crippen molar-refractivity contribution in [1.29, 1.82) is 0 Å². The number of phenolic OH excluding ortho intramolecular Hbond substituents is 1. The van der Waals surface area contributed by atoms with E-state index in [1.807, 2.05) is 31.6 Å². The number of nitrogens with zero attached hydrogens (tertiary/aromatic N) is 2. The molecule has 0 atom stereocenters. The van der Waals surface area contributed by atoms with E-state index in [0.717, 1.165) is 33.4 Å². The SMILES string of the molecule is Cn1cc(-c2ccc(-c3cocc3-c3ccc(O)cc3)cc2)cn1. The Hall–Kier alpha value is -3.27. The topological polar surface area (TPSA) is 51.2 Å². The lowest BCUT2D eigenvalue weighted by Gasteiger charge is -2.05. The van der Waals surface area contributed by atoms with E-state index in [2.05, 4.69) is 29.4 Å². The number of rotatable bonds is 3. The smallest absolute Gasteiger partial charge is 0.115 e. The second kappa shape index (κ2) is 5.74. The third-order valence-electron chi connectivity index (χ3n) is 4.07. The third kappa shape index (κ3) is 2.58. The minimum Gasteiger partial charge on any atom is -0.508 e. The van der Waals surface area contributed by atoms with Gasteiger partial charge in [0.25, 0.3) is 0 Å². The Morgan fingerprint density at radius 1 is 0.792 bits per heavy atom. The van der Waals surface area contributed by atoms with Crippen molar-refractivity contribution < 1.29 is 9.52 Å². The summed E-state index contributed by atoms with van der Waals surface area (Å²) in [5.41, 5.74) is 6.34. The summed E-state index contributed by atoms with van der Waals surface area (Å²) >= 11 is 0. The van der Waals surface area contributed by atoms with E-state index in [-0.39, 0.29) is 5.75 Å². The molecule has 4 rings (SSSR count). The van der Waals surface area contributed by atoms with Crippen molar-refractivity contribution in [2.45, 2.75) is 0 Å². The first-order valence-electron chi connectivity index (χ1n) is 7.66. The average molecular weight is 316 g/mol. The number of phenols is 1. The summed E-state index contributed by atoms with van der Waals surface area (Å²) < 4.78 is 7.22. The van der Waals surface area contributed by atoms with Gasteiger partial charge in [0, 0.05) is 29.9 Å². The van der Waals surface area contributed by atoms with Crippen molar-refractivity contribution in [3.05, 3.63) is 73.5 Å². The summed E-state index contributed by atoms with van der Waals surface area (Å²) in [5, 5.41) is 13.7. The molecule has 0 saturated heterocycles. The molecule has 0 saturated carbocycles.